The maximum Gasteiger partial charge on any atom is 0.226 e. The maximum absolute atomic E-state index is 12.6. The van der Waals surface area contributed by atoms with Crippen LogP contribution in [0.25, 0.3) is 11.5 Å². The normalized spacial score (nSPS) is 11.4. The SMILES string of the molecule is COc1cccc(CCC(=O)CS(=O)(=O)Cc2nc(-c3ccc(C)cc3)oc2C)c1OC. The molecule has 0 aliphatic heterocycles. The predicted octanol–water partition coefficient (Wildman–Crippen LogP) is 4.09. The number of carbonyl (C=O) groups excluding carboxylic acids is 1. The molecule has 32 heavy (non-hydrogen) atoms. The van der Waals surface area contributed by atoms with Gasteiger partial charge >= 0.3 is 0 Å². The van der Waals surface area contributed by atoms with Crippen LogP contribution in [0.2, 0.25) is 0 Å². The number of para-hydroxylation sites is 1. The van der Waals surface area contributed by atoms with Crippen molar-refractivity contribution in [2.24, 2.45) is 0 Å². The van der Waals surface area contributed by atoms with Crippen molar-refractivity contribution in [3.05, 3.63) is 65.0 Å². The highest BCUT2D eigenvalue weighted by atomic mass is 32.2. The van der Waals surface area contributed by atoms with E-state index in [2.05, 4.69) is 4.98 Å². The summed E-state index contributed by atoms with van der Waals surface area (Å²) in [5, 5.41) is 0. The third kappa shape index (κ3) is 5.76. The van der Waals surface area contributed by atoms with Crippen LogP contribution in [0, 0.1) is 13.8 Å². The van der Waals surface area contributed by atoms with Crippen LogP contribution in [0.5, 0.6) is 11.5 Å². The van der Waals surface area contributed by atoms with E-state index in [1.165, 1.54) is 14.2 Å². The molecule has 8 heteroatoms. The highest BCUT2D eigenvalue weighted by Crippen LogP contribution is 2.31. The van der Waals surface area contributed by atoms with Crippen molar-refractivity contribution >= 4 is 15.6 Å². The van der Waals surface area contributed by atoms with Gasteiger partial charge in [-0.3, -0.25) is 4.79 Å². The van der Waals surface area contributed by atoms with Gasteiger partial charge in [0.15, 0.2) is 21.3 Å². The van der Waals surface area contributed by atoms with Crippen LogP contribution in [-0.2, 0) is 26.8 Å². The Morgan fingerprint density at radius 2 is 1.75 bits per heavy atom. The average Bonchev–Trinajstić information content (AvgIpc) is 3.11. The molecule has 0 unspecified atom stereocenters. The number of rotatable bonds is 10. The van der Waals surface area contributed by atoms with Gasteiger partial charge in [-0.2, -0.15) is 0 Å². The molecule has 3 aromatic rings. The summed E-state index contributed by atoms with van der Waals surface area (Å²) in [5.41, 5.74) is 2.98. The molecule has 0 aliphatic rings. The number of sulfone groups is 1. The topological polar surface area (TPSA) is 95.7 Å². The summed E-state index contributed by atoms with van der Waals surface area (Å²) in [6.45, 7) is 3.65. The minimum atomic E-state index is -3.69. The summed E-state index contributed by atoms with van der Waals surface area (Å²) in [6, 6.07) is 13.0. The first-order chi connectivity index (χ1) is 15.2. The van der Waals surface area contributed by atoms with Gasteiger partial charge in [-0.05, 0) is 44.0 Å². The second-order valence-electron chi connectivity index (χ2n) is 7.61. The minimum absolute atomic E-state index is 0.0785. The molecular formula is C24H27NO6S. The number of methoxy groups -OCH3 is 2. The van der Waals surface area contributed by atoms with Crippen molar-refractivity contribution in [3.8, 4) is 23.0 Å². The van der Waals surface area contributed by atoms with Crippen molar-refractivity contribution in [3.63, 3.8) is 0 Å². The Hall–Kier alpha value is -3.13. The number of hydrogen-bond donors (Lipinski definition) is 0. The molecule has 0 bridgehead atoms. The van der Waals surface area contributed by atoms with E-state index in [1.807, 2.05) is 37.3 Å². The van der Waals surface area contributed by atoms with Gasteiger partial charge in [0.2, 0.25) is 5.89 Å². The molecule has 3 rings (SSSR count). The van der Waals surface area contributed by atoms with Gasteiger partial charge in [0, 0.05) is 12.0 Å². The Morgan fingerprint density at radius 1 is 1.03 bits per heavy atom. The number of benzene rings is 2. The van der Waals surface area contributed by atoms with Crippen LogP contribution >= 0.6 is 0 Å². The number of ether oxygens (including phenoxy) is 2. The zero-order chi connectivity index (χ0) is 23.3. The predicted molar refractivity (Wildman–Crippen MR) is 122 cm³/mol. The molecule has 0 radical (unpaired) electrons. The average molecular weight is 458 g/mol. The third-order valence-corrected chi connectivity index (χ3v) is 6.56. The Labute approximate surface area is 188 Å². The molecule has 1 aromatic heterocycles. The molecular weight excluding hydrogens is 430 g/mol. The van der Waals surface area contributed by atoms with Crippen LogP contribution in [0.3, 0.4) is 0 Å². The first-order valence-electron chi connectivity index (χ1n) is 10.2. The zero-order valence-electron chi connectivity index (χ0n) is 18.7. The Balaban J connectivity index is 1.64. The second-order valence-corrected chi connectivity index (χ2v) is 9.68. The smallest absolute Gasteiger partial charge is 0.226 e. The number of aryl methyl sites for hydroxylation is 3. The molecule has 170 valence electrons. The van der Waals surface area contributed by atoms with Gasteiger partial charge in [-0.15, -0.1) is 0 Å². The van der Waals surface area contributed by atoms with Crippen LogP contribution in [0.1, 0.15) is 29.0 Å². The van der Waals surface area contributed by atoms with Gasteiger partial charge in [-0.1, -0.05) is 29.8 Å². The lowest BCUT2D eigenvalue weighted by atomic mass is 10.1. The Morgan fingerprint density at radius 3 is 2.41 bits per heavy atom. The Kier molecular flexibility index (Phi) is 7.35. The molecule has 0 spiro atoms. The molecule has 0 N–H and O–H groups in total. The van der Waals surface area contributed by atoms with Crippen molar-refractivity contribution < 1.29 is 27.1 Å². The van der Waals surface area contributed by atoms with Crippen LogP contribution in [0.15, 0.2) is 46.9 Å². The van der Waals surface area contributed by atoms with Gasteiger partial charge in [0.25, 0.3) is 0 Å². The lowest BCUT2D eigenvalue weighted by Gasteiger charge is -2.12. The van der Waals surface area contributed by atoms with E-state index in [4.69, 9.17) is 13.9 Å². The van der Waals surface area contributed by atoms with Crippen molar-refractivity contribution in [1.82, 2.24) is 4.98 Å². The molecule has 0 atom stereocenters. The summed E-state index contributed by atoms with van der Waals surface area (Å²) in [6.07, 6.45) is 0.435. The second kappa shape index (κ2) is 9.99. The molecule has 2 aromatic carbocycles. The standard InChI is InChI=1S/C24H27NO6S/c1-16-8-10-19(11-9-16)24-25-21(17(2)31-24)15-32(27,28)14-20(26)13-12-18-6-5-7-22(29-3)23(18)30-4/h5-11H,12-15H2,1-4H3. The van der Waals surface area contributed by atoms with E-state index < -0.39 is 15.6 Å². The zero-order valence-corrected chi connectivity index (χ0v) is 19.5. The largest absolute Gasteiger partial charge is 0.493 e. The van der Waals surface area contributed by atoms with Crippen LogP contribution in [0.4, 0.5) is 0 Å². The van der Waals surface area contributed by atoms with Crippen LogP contribution < -0.4 is 9.47 Å². The third-order valence-electron chi connectivity index (χ3n) is 5.09. The molecule has 0 saturated heterocycles. The highest BCUT2D eigenvalue weighted by Gasteiger charge is 2.22. The van der Waals surface area contributed by atoms with Gasteiger partial charge in [0.05, 0.1) is 25.7 Å². The number of carbonyl (C=O) groups is 1. The molecule has 1 heterocycles. The number of ketones is 1. The van der Waals surface area contributed by atoms with Gasteiger partial charge in [-0.25, -0.2) is 13.4 Å². The number of hydrogen-bond acceptors (Lipinski definition) is 7. The number of nitrogens with zero attached hydrogens (tertiary/aromatic N) is 1. The fourth-order valence-corrected chi connectivity index (χ4v) is 4.80. The first kappa shape index (κ1) is 23.5. The molecule has 0 aliphatic carbocycles. The summed E-state index contributed by atoms with van der Waals surface area (Å²) in [4.78, 5) is 16.8. The van der Waals surface area contributed by atoms with Crippen molar-refractivity contribution in [2.75, 3.05) is 20.0 Å². The van der Waals surface area contributed by atoms with E-state index in [9.17, 15) is 13.2 Å². The molecule has 0 fully saturated rings. The minimum Gasteiger partial charge on any atom is -0.493 e. The Bertz CT molecular complexity index is 1200. The monoisotopic (exact) mass is 457 g/mol. The van der Waals surface area contributed by atoms with E-state index in [-0.39, 0.29) is 18.0 Å². The van der Waals surface area contributed by atoms with Gasteiger partial charge in [0.1, 0.15) is 17.3 Å². The summed E-state index contributed by atoms with van der Waals surface area (Å²) < 4.78 is 41.6. The fourth-order valence-electron chi connectivity index (χ4n) is 3.38. The van der Waals surface area contributed by atoms with E-state index in [1.54, 1.807) is 19.1 Å². The lowest BCUT2D eigenvalue weighted by molar-refractivity contribution is -0.116. The van der Waals surface area contributed by atoms with Crippen LogP contribution in [-0.4, -0.2) is 39.2 Å². The van der Waals surface area contributed by atoms with E-state index >= 15 is 0 Å². The number of Topliss-reactive ketones (excluding diaryl/α,β-unsaturated/α-hetero) is 1. The first-order valence-corrected chi connectivity index (χ1v) is 12.0. The number of oxazole rings is 1. The highest BCUT2D eigenvalue weighted by molar-refractivity contribution is 7.91. The lowest BCUT2D eigenvalue weighted by Crippen LogP contribution is -2.18. The van der Waals surface area contributed by atoms with E-state index in [0.29, 0.717) is 35.3 Å². The van der Waals surface area contributed by atoms with Crippen molar-refractivity contribution in [1.29, 1.82) is 0 Å². The molecule has 0 amide bonds. The summed E-state index contributed by atoms with van der Waals surface area (Å²) >= 11 is 0. The fraction of sp³-hybridized carbons (Fsp3) is 0.333. The van der Waals surface area contributed by atoms with E-state index in [0.717, 1.165) is 16.7 Å². The molecule has 7 nitrogen and oxygen atoms in total. The van der Waals surface area contributed by atoms with Crippen molar-refractivity contribution in [2.45, 2.75) is 32.4 Å². The molecule has 0 saturated carbocycles. The summed E-state index contributed by atoms with van der Waals surface area (Å²) in [7, 11) is -0.629. The van der Waals surface area contributed by atoms with Gasteiger partial charge < -0.3 is 13.9 Å². The number of aromatic nitrogens is 1. The maximum atomic E-state index is 12.6. The summed E-state index contributed by atoms with van der Waals surface area (Å²) in [5.74, 6) is 0.647. The quantitative estimate of drug-likeness (QED) is 0.452.